The molecular weight excluding hydrogens is 228 g/mol. The number of likely N-dealkylation sites (tertiary alicyclic amines) is 1. The van der Waals surface area contributed by atoms with Crippen LogP contribution in [-0.4, -0.2) is 62.5 Å². The highest BCUT2D eigenvalue weighted by molar-refractivity contribution is 4.92. The van der Waals surface area contributed by atoms with Crippen LogP contribution in [0.5, 0.6) is 0 Å². The fraction of sp³-hybridized carbons (Fsp3) is 1.00. The molecule has 0 radical (unpaired) electrons. The van der Waals surface area contributed by atoms with E-state index in [4.69, 9.17) is 9.47 Å². The summed E-state index contributed by atoms with van der Waals surface area (Å²) in [6.07, 6.45) is 6.45. The summed E-state index contributed by atoms with van der Waals surface area (Å²) in [7, 11) is 1.83. The van der Waals surface area contributed by atoms with Crippen LogP contribution in [0.1, 0.15) is 32.1 Å². The fourth-order valence-electron chi connectivity index (χ4n) is 3.26. The Morgan fingerprint density at radius 3 is 2.89 bits per heavy atom. The quantitative estimate of drug-likeness (QED) is 0.794. The number of piperidine rings is 1. The molecule has 2 aliphatic heterocycles. The Balaban J connectivity index is 1.51. The molecule has 0 bridgehead atoms. The summed E-state index contributed by atoms with van der Waals surface area (Å²) in [5, 5.41) is 3.76. The van der Waals surface area contributed by atoms with Gasteiger partial charge < -0.3 is 14.8 Å². The Kier molecular flexibility index (Phi) is 3.89. The summed E-state index contributed by atoms with van der Waals surface area (Å²) in [5.74, 6) is 0. The van der Waals surface area contributed by atoms with Crippen molar-refractivity contribution in [2.24, 2.45) is 0 Å². The van der Waals surface area contributed by atoms with Crippen LogP contribution in [0.4, 0.5) is 0 Å². The molecule has 3 rings (SSSR count). The van der Waals surface area contributed by atoms with Crippen LogP contribution in [-0.2, 0) is 9.47 Å². The van der Waals surface area contributed by atoms with E-state index in [1.807, 2.05) is 7.11 Å². The molecule has 0 aromatic heterocycles. The van der Waals surface area contributed by atoms with Crippen LogP contribution >= 0.6 is 0 Å². The van der Waals surface area contributed by atoms with E-state index in [9.17, 15) is 0 Å². The minimum Gasteiger partial charge on any atom is -0.378 e. The van der Waals surface area contributed by atoms with Gasteiger partial charge in [0.1, 0.15) is 5.60 Å². The third-order valence-electron chi connectivity index (χ3n) is 4.57. The van der Waals surface area contributed by atoms with Gasteiger partial charge in [-0.3, -0.25) is 4.90 Å². The van der Waals surface area contributed by atoms with Crippen molar-refractivity contribution < 1.29 is 9.47 Å². The van der Waals surface area contributed by atoms with Gasteiger partial charge in [0.05, 0.1) is 6.61 Å². The smallest absolute Gasteiger partial charge is 0.106 e. The maximum absolute atomic E-state index is 5.74. The Morgan fingerprint density at radius 2 is 2.22 bits per heavy atom. The third-order valence-corrected chi connectivity index (χ3v) is 4.57. The summed E-state index contributed by atoms with van der Waals surface area (Å²) < 4.78 is 11.3. The van der Waals surface area contributed by atoms with Crippen molar-refractivity contribution >= 4 is 0 Å². The van der Waals surface area contributed by atoms with E-state index in [-0.39, 0.29) is 5.60 Å². The number of methoxy groups -OCH3 is 1. The van der Waals surface area contributed by atoms with E-state index in [0.29, 0.717) is 6.04 Å². The van der Waals surface area contributed by atoms with Gasteiger partial charge >= 0.3 is 0 Å². The van der Waals surface area contributed by atoms with E-state index in [0.717, 1.165) is 32.2 Å². The molecule has 4 heteroatoms. The molecule has 2 unspecified atom stereocenters. The molecule has 1 N–H and O–H groups in total. The van der Waals surface area contributed by atoms with Gasteiger partial charge in [-0.25, -0.2) is 0 Å². The van der Waals surface area contributed by atoms with Crippen molar-refractivity contribution in [2.75, 3.05) is 40.0 Å². The maximum atomic E-state index is 5.74. The number of hydrogen-bond donors (Lipinski definition) is 1. The lowest BCUT2D eigenvalue weighted by molar-refractivity contribution is -0.0455. The zero-order valence-corrected chi connectivity index (χ0v) is 11.5. The number of nitrogens with one attached hydrogen (secondary N) is 1. The van der Waals surface area contributed by atoms with Crippen molar-refractivity contribution in [2.45, 2.75) is 49.8 Å². The molecule has 2 atom stereocenters. The molecule has 104 valence electrons. The normalized spacial score (nSPS) is 38.2. The van der Waals surface area contributed by atoms with Gasteiger partial charge in [-0.1, -0.05) is 0 Å². The van der Waals surface area contributed by atoms with Gasteiger partial charge in [0.25, 0.3) is 0 Å². The van der Waals surface area contributed by atoms with Crippen molar-refractivity contribution in [1.82, 2.24) is 10.2 Å². The van der Waals surface area contributed by atoms with Crippen LogP contribution < -0.4 is 5.32 Å². The highest BCUT2D eigenvalue weighted by atomic mass is 16.5. The van der Waals surface area contributed by atoms with E-state index >= 15 is 0 Å². The average molecular weight is 254 g/mol. The van der Waals surface area contributed by atoms with Gasteiger partial charge in [-0.2, -0.15) is 0 Å². The molecule has 2 saturated heterocycles. The SMILES string of the molecule is COC1(CN2CCCC(NC3CC3)C2)CCOC1. The van der Waals surface area contributed by atoms with Crippen LogP contribution in [0, 0.1) is 0 Å². The van der Waals surface area contributed by atoms with Crippen LogP contribution in [0.25, 0.3) is 0 Å². The standard InChI is InChI=1S/C14H26N2O2/c1-17-14(6-8-18-11-14)10-16-7-2-3-13(9-16)15-12-4-5-12/h12-13,15H,2-11H2,1H3. The summed E-state index contributed by atoms with van der Waals surface area (Å²) in [4.78, 5) is 2.57. The number of ether oxygens (including phenoxy) is 2. The Morgan fingerprint density at radius 1 is 1.33 bits per heavy atom. The molecule has 3 fully saturated rings. The minimum absolute atomic E-state index is 0.0402. The molecular formula is C14H26N2O2. The molecule has 2 heterocycles. The lowest BCUT2D eigenvalue weighted by atomic mass is 9.99. The van der Waals surface area contributed by atoms with Crippen molar-refractivity contribution in [3.05, 3.63) is 0 Å². The molecule has 1 saturated carbocycles. The predicted molar refractivity (Wildman–Crippen MR) is 70.8 cm³/mol. The highest BCUT2D eigenvalue weighted by Gasteiger charge is 2.38. The largest absolute Gasteiger partial charge is 0.378 e. The Hall–Kier alpha value is -0.160. The number of hydrogen-bond acceptors (Lipinski definition) is 4. The summed E-state index contributed by atoms with van der Waals surface area (Å²) >= 11 is 0. The third kappa shape index (κ3) is 3.05. The van der Waals surface area contributed by atoms with E-state index in [2.05, 4.69) is 10.2 Å². The van der Waals surface area contributed by atoms with Crippen molar-refractivity contribution in [1.29, 1.82) is 0 Å². The van der Waals surface area contributed by atoms with Crippen LogP contribution in [0.3, 0.4) is 0 Å². The lowest BCUT2D eigenvalue weighted by Crippen LogP contribution is -2.52. The summed E-state index contributed by atoms with van der Waals surface area (Å²) in [6, 6.07) is 1.52. The Labute approximate surface area is 110 Å². The van der Waals surface area contributed by atoms with Gasteiger partial charge in [0, 0.05) is 45.3 Å². The molecule has 0 amide bonds. The van der Waals surface area contributed by atoms with Crippen LogP contribution in [0.15, 0.2) is 0 Å². The van der Waals surface area contributed by atoms with Gasteiger partial charge in [0.2, 0.25) is 0 Å². The zero-order valence-electron chi connectivity index (χ0n) is 11.5. The molecule has 4 nitrogen and oxygen atoms in total. The average Bonchev–Trinajstić information content (AvgIpc) is 3.07. The second kappa shape index (κ2) is 5.45. The molecule has 1 aliphatic carbocycles. The van der Waals surface area contributed by atoms with E-state index < -0.39 is 0 Å². The van der Waals surface area contributed by atoms with Crippen molar-refractivity contribution in [3.8, 4) is 0 Å². The monoisotopic (exact) mass is 254 g/mol. The second-order valence-electron chi connectivity index (χ2n) is 6.20. The first kappa shape index (κ1) is 12.9. The first-order valence-electron chi connectivity index (χ1n) is 7.41. The van der Waals surface area contributed by atoms with Crippen LogP contribution in [0.2, 0.25) is 0 Å². The zero-order chi connectivity index (χ0) is 12.4. The van der Waals surface area contributed by atoms with Gasteiger partial charge in [-0.05, 0) is 32.2 Å². The van der Waals surface area contributed by atoms with E-state index in [1.165, 1.54) is 38.8 Å². The molecule has 3 aliphatic rings. The van der Waals surface area contributed by atoms with Crippen molar-refractivity contribution in [3.63, 3.8) is 0 Å². The topological polar surface area (TPSA) is 33.7 Å². The molecule has 0 aromatic rings. The minimum atomic E-state index is -0.0402. The molecule has 0 aromatic carbocycles. The summed E-state index contributed by atoms with van der Waals surface area (Å²) in [6.45, 7) is 5.05. The lowest BCUT2D eigenvalue weighted by Gasteiger charge is -2.38. The number of nitrogens with zero attached hydrogens (tertiary/aromatic N) is 1. The fourth-order valence-corrected chi connectivity index (χ4v) is 3.26. The van der Waals surface area contributed by atoms with Gasteiger partial charge in [0.15, 0.2) is 0 Å². The highest BCUT2D eigenvalue weighted by Crippen LogP contribution is 2.26. The second-order valence-corrected chi connectivity index (χ2v) is 6.20. The summed E-state index contributed by atoms with van der Waals surface area (Å²) in [5.41, 5.74) is -0.0402. The predicted octanol–water partition coefficient (Wildman–Crippen LogP) is 1.01. The molecule has 0 spiro atoms. The first-order valence-corrected chi connectivity index (χ1v) is 7.41. The van der Waals surface area contributed by atoms with E-state index in [1.54, 1.807) is 0 Å². The maximum Gasteiger partial charge on any atom is 0.106 e. The van der Waals surface area contributed by atoms with Gasteiger partial charge in [-0.15, -0.1) is 0 Å². The molecule has 18 heavy (non-hydrogen) atoms. The Bertz CT molecular complexity index is 275. The number of rotatable bonds is 5. The first-order chi connectivity index (χ1) is 8.80.